The average molecular weight is 267 g/mol. The van der Waals surface area contributed by atoms with Crippen LogP contribution in [0.15, 0.2) is 18.2 Å². The normalized spacial score (nSPS) is 11.6. The lowest BCUT2D eigenvalue weighted by atomic mass is 10.0. The molecule has 1 atom stereocenters. The summed E-state index contributed by atoms with van der Waals surface area (Å²) in [5.74, 6) is -0.324. The highest BCUT2D eigenvalue weighted by Gasteiger charge is 2.19. The van der Waals surface area contributed by atoms with Crippen LogP contribution in [0.1, 0.15) is 12.5 Å². The maximum absolute atomic E-state index is 11.3. The lowest BCUT2D eigenvalue weighted by molar-refractivity contribution is -0.142. The number of hydrogen-bond donors (Lipinski definition) is 1. The van der Waals surface area contributed by atoms with Gasteiger partial charge in [0, 0.05) is 18.9 Å². The van der Waals surface area contributed by atoms with Crippen LogP contribution in [0.5, 0.6) is 11.5 Å². The smallest absolute Gasteiger partial charge is 0.322 e. The zero-order valence-corrected chi connectivity index (χ0v) is 11.1. The Bertz CT molecular complexity index is 472. The zero-order chi connectivity index (χ0) is 14.4. The van der Waals surface area contributed by atoms with Gasteiger partial charge in [-0.25, -0.2) is 0 Å². The largest absolute Gasteiger partial charge is 0.493 e. The first-order chi connectivity index (χ1) is 8.99. The Balaban J connectivity index is 3.05. The van der Waals surface area contributed by atoms with Gasteiger partial charge in [0.2, 0.25) is 0 Å². The molecule has 0 saturated heterocycles. The number of rotatable bonds is 5. The molecule has 0 aliphatic carbocycles. The minimum Gasteiger partial charge on any atom is -0.493 e. The summed E-state index contributed by atoms with van der Waals surface area (Å²) in [5, 5.41) is 0. The number of carbonyl (C=O) groups is 2. The number of hydrogen-bond acceptors (Lipinski definition) is 6. The molecule has 0 bridgehead atoms. The van der Waals surface area contributed by atoms with Crippen LogP contribution in [0, 0.1) is 0 Å². The van der Waals surface area contributed by atoms with Crippen molar-refractivity contribution in [2.45, 2.75) is 19.4 Å². The number of para-hydroxylation sites is 1. The monoisotopic (exact) mass is 267 g/mol. The Labute approximate surface area is 111 Å². The highest BCUT2D eigenvalue weighted by atomic mass is 16.6. The molecule has 2 N–H and O–H groups in total. The number of ether oxygens (including phenoxy) is 3. The predicted molar refractivity (Wildman–Crippen MR) is 68.0 cm³/mol. The van der Waals surface area contributed by atoms with Crippen molar-refractivity contribution in [1.82, 2.24) is 0 Å². The molecular weight excluding hydrogens is 250 g/mol. The molecule has 1 unspecified atom stereocenters. The van der Waals surface area contributed by atoms with E-state index in [1.165, 1.54) is 21.1 Å². The van der Waals surface area contributed by atoms with Gasteiger partial charge in [-0.05, 0) is 6.07 Å². The standard InChI is InChI=1S/C13H17NO5/c1-8(15)19-12-9(5-4-6-11(12)17-2)7-10(14)13(16)18-3/h4-6,10H,7,14H2,1-3H3. The summed E-state index contributed by atoms with van der Waals surface area (Å²) in [6.45, 7) is 1.29. The van der Waals surface area contributed by atoms with Crippen molar-refractivity contribution >= 4 is 11.9 Å². The predicted octanol–water partition coefficient (Wildman–Crippen LogP) is 0.663. The number of carbonyl (C=O) groups excluding carboxylic acids is 2. The molecule has 0 aromatic heterocycles. The fourth-order valence-electron chi connectivity index (χ4n) is 1.61. The van der Waals surface area contributed by atoms with Crippen LogP contribution in [-0.4, -0.2) is 32.2 Å². The highest BCUT2D eigenvalue weighted by molar-refractivity contribution is 5.76. The van der Waals surface area contributed by atoms with Gasteiger partial charge in [-0.3, -0.25) is 9.59 Å². The molecule has 0 aliphatic rings. The fourth-order valence-corrected chi connectivity index (χ4v) is 1.61. The van der Waals surface area contributed by atoms with Crippen molar-refractivity contribution in [3.05, 3.63) is 23.8 Å². The molecule has 0 fully saturated rings. The van der Waals surface area contributed by atoms with Crippen molar-refractivity contribution in [3.63, 3.8) is 0 Å². The number of methoxy groups -OCH3 is 2. The van der Waals surface area contributed by atoms with Gasteiger partial charge in [-0.1, -0.05) is 12.1 Å². The fraction of sp³-hybridized carbons (Fsp3) is 0.385. The summed E-state index contributed by atoms with van der Waals surface area (Å²) < 4.78 is 14.8. The lowest BCUT2D eigenvalue weighted by Crippen LogP contribution is -2.33. The van der Waals surface area contributed by atoms with Crippen LogP contribution < -0.4 is 15.2 Å². The van der Waals surface area contributed by atoms with E-state index in [-0.39, 0.29) is 12.2 Å². The number of nitrogens with two attached hydrogens (primary N) is 1. The van der Waals surface area contributed by atoms with E-state index in [1.807, 2.05) is 0 Å². The summed E-state index contributed by atoms with van der Waals surface area (Å²) in [4.78, 5) is 22.4. The number of benzene rings is 1. The molecule has 0 amide bonds. The van der Waals surface area contributed by atoms with E-state index in [4.69, 9.17) is 15.2 Å². The average Bonchev–Trinajstić information content (AvgIpc) is 2.39. The van der Waals surface area contributed by atoms with Crippen LogP contribution in [0.2, 0.25) is 0 Å². The second-order valence-electron chi connectivity index (χ2n) is 3.88. The molecule has 0 aliphatic heterocycles. The third kappa shape index (κ3) is 3.96. The van der Waals surface area contributed by atoms with Gasteiger partial charge in [0.15, 0.2) is 11.5 Å². The third-order valence-corrected chi connectivity index (χ3v) is 2.47. The van der Waals surface area contributed by atoms with E-state index >= 15 is 0 Å². The van der Waals surface area contributed by atoms with Gasteiger partial charge in [0.1, 0.15) is 6.04 Å². The van der Waals surface area contributed by atoms with Gasteiger partial charge in [-0.15, -0.1) is 0 Å². The van der Waals surface area contributed by atoms with Crippen LogP contribution in [0.3, 0.4) is 0 Å². The van der Waals surface area contributed by atoms with E-state index < -0.39 is 18.0 Å². The molecule has 1 aromatic rings. The van der Waals surface area contributed by atoms with Crippen molar-refractivity contribution in [3.8, 4) is 11.5 Å². The summed E-state index contributed by atoms with van der Waals surface area (Å²) in [6, 6.07) is 4.27. The summed E-state index contributed by atoms with van der Waals surface area (Å²) >= 11 is 0. The molecule has 6 nitrogen and oxygen atoms in total. The Morgan fingerprint density at radius 2 is 2.00 bits per heavy atom. The third-order valence-electron chi connectivity index (χ3n) is 2.47. The minimum absolute atomic E-state index is 0.187. The molecule has 0 spiro atoms. The quantitative estimate of drug-likeness (QED) is 0.623. The second kappa shape index (κ2) is 6.75. The van der Waals surface area contributed by atoms with E-state index in [9.17, 15) is 9.59 Å². The van der Waals surface area contributed by atoms with Gasteiger partial charge in [0.05, 0.1) is 14.2 Å². The first kappa shape index (κ1) is 15.0. The van der Waals surface area contributed by atoms with Crippen molar-refractivity contribution in [1.29, 1.82) is 0 Å². The number of esters is 2. The van der Waals surface area contributed by atoms with Crippen molar-refractivity contribution in [2.24, 2.45) is 5.73 Å². The van der Waals surface area contributed by atoms with E-state index in [0.29, 0.717) is 11.3 Å². The summed E-state index contributed by atoms with van der Waals surface area (Å²) in [5.41, 5.74) is 6.30. The highest BCUT2D eigenvalue weighted by Crippen LogP contribution is 2.32. The molecule has 0 radical (unpaired) electrons. The van der Waals surface area contributed by atoms with Gasteiger partial charge in [0.25, 0.3) is 0 Å². The molecule has 1 aromatic carbocycles. The van der Waals surface area contributed by atoms with Crippen LogP contribution in [-0.2, 0) is 20.7 Å². The lowest BCUT2D eigenvalue weighted by Gasteiger charge is -2.15. The van der Waals surface area contributed by atoms with Crippen LogP contribution in [0.25, 0.3) is 0 Å². The molecule has 19 heavy (non-hydrogen) atoms. The van der Waals surface area contributed by atoms with E-state index in [1.54, 1.807) is 18.2 Å². The second-order valence-corrected chi connectivity index (χ2v) is 3.88. The molecule has 104 valence electrons. The Hall–Kier alpha value is -2.08. The molecule has 0 heterocycles. The van der Waals surface area contributed by atoms with Crippen LogP contribution in [0.4, 0.5) is 0 Å². The molecule has 0 saturated carbocycles. The first-order valence-electron chi connectivity index (χ1n) is 5.67. The maximum atomic E-state index is 11.3. The van der Waals surface area contributed by atoms with Crippen LogP contribution >= 0.6 is 0 Å². The molecule has 6 heteroatoms. The molecule has 1 rings (SSSR count). The summed E-state index contributed by atoms with van der Waals surface area (Å²) in [7, 11) is 2.73. The van der Waals surface area contributed by atoms with Crippen molar-refractivity contribution in [2.75, 3.05) is 14.2 Å². The van der Waals surface area contributed by atoms with E-state index in [2.05, 4.69) is 4.74 Å². The minimum atomic E-state index is -0.827. The van der Waals surface area contributed by atoms with Gasteiger partial charge in [-0.2, -0.15) is 0 Å². The Morgan fingerprint density at radius 3 is 2.53 bits per heavy atom. The zero-order valence-electron chi connectivity index (χ0n) is 11.1. The topological polar surface area (TPSA) is 87.8 Å². The first-order valence-corrected chi connectivity index (χ1v) is 5.67. The summed E-state index contributed by atoms with van der Waals surface area (Å²) in [6.07, 6.45) is 0.187. The Kier molecular flexibility index (Phi) is 5.32. The Morgan fingerprint density at radius 1 is 1.32 bits per heavy atom. The van der Waals surface area contributed by atoms with Gasteiger partial charge >= 0.3 is 11.9 Å². The molecular formula is C13H17NO5. The van der Waals surface area contributed by atoms with Crippen molar-refractivity contribution < 1.29 is 23.8 Å². The SMILES string of the molecule is COC(=O)C(N)Cc1cccc(OC)c1OC(C)=O. The van der Waals surface area contributed by atoms with E-state index in [0.717, 1.165) is 0 Å². The maximum Gasteiger partial charge on any atom is 0.322 e. The van der Waals surface area contributed by atoms with Gasteiger partial charge < -0.3 is 19.9 Å².